The first-order chi connectivity index (χ1) is 11.9. The standard InChI is InChI=1S/C20H19FN2O2/c1-12-9-16-11-15(20(25)23-18(16)10-13(12)2)7-8-22-19(24)14-3-5-17(21)6-4-14/h3-6,9-11H,7-8H2,1-2H3,(H,22,24)(H,23,25). The molecule has 1 aromatic heterocycles. The number of nitrogens with one attached hydrogen (secondary N) is 2. The van der Waals surface area contributed by atoms with Crippen molar-refractivity contribution in [3.8, 4) is 0 Å². The summed E-state index contributed by atoms with van der Waals surface area (Å²) in [5.74, 6) is -0.673. The van der Waals surface area contributed by atoms with Crippen molar-refractivity contribution in [2.24, 2.45) is 0 Å². The molecule has 0 saturated carbocycles. The Hall–Kier alpha value is -2.95. The summed E-state index contributed by atoms with van der Waals surface area (Å²) in [5.41, 5.74) is 3.96. The summed E-state index contributed by atoms with van der Waals surface area (Å²) >= 11 is 0. The largest absolute Gasteiger partial charge is 0.352 e. The first-order valence-electron chi connectivity index (χ1n) is 8.11. The second-order valence-corrected chi connectivity index (χ2v) is 6.16. The molecule has 1 heterocycles. The van der Waals surface area contributed by atoms with E-state index in [4.69, 9.17) is 0 Å². The van der Waals surface area contributed by atoms with Crippen molar-refractivity contribution in [2.75, 3.05) is 6.54 Å². The summed E-state index contributed by atoms with van der Waals surface area (Å²) in [6.45, 7) is 4.37. The maximum absolute atomic E-state index is 12.9. The maximum Gasteiger partial charge on any atom is 0.251 e. The molecular formula is C20H19FN2O2. The molecule has 0 aliphatic rings. The number of H-pyrrole nitrogens is 1. The molecule has 0 bridgehead atoms. The van der Waals surface area contributed by atoms with Crippen LogP contribution in [0.3, 0.4) is 0 Å². The fraction of sp³-hybridized carbons (Fsp3) is 0.200. The molecule has 25 heavy (non-hydrogen) atoms. The number of aryl methyl sites for hydroxylation is 2. The Kier molecular flexibility index (Phi) is 4.65. The lowest BCUT2D eigenvalue weighted by molar-refractivity contribution is 0.0954. The zero-order chi connectivity index (χ0) is 18.0. The summed E-state index contributed by atoms with van der Waals surface area (Å²) in [6.07, 6.45) is 0.422. The molecule has 3 rings (SSSR count). The fourth-order valence-electron chi connectivity index (χ4n) is 2.72. The van der Waals surface area contributed by atoms with Crippen molar-refractivity contribution < 1.29 is 9.18 Å². The molecule has 5 heteroatoms. The second-order valence-electron chi connectivity index (χ2n) is 6.16. The minimum absolute atomic E-state index is 0.146. The van der Waals surface area contributed by atoms with E-state index in [-0.39, 0.29) is 17.3 Å². The molecule has 0 fully saturated rings. The molecule has 128 valence electrons. The number of fused-ring (bicyclic) bond motifs is 1. The minimum Gasteiger partial charge on any atom is -0.352 e. The third-order valence-electron chi connectivity index (χ3n) is 4.32. The number of carbonyl (C=O) groups excluding carboxylic acids is 1. The van der Waals surface area contributed by atoms with Crippen molar-refractivity contribution in [2.45, 2.75) is 20.3 Å². The predicted molar refractivity (Wildman–Crippen MR) is 96.5 cm³/mol. The van der Waals surface area contributed by atoms with E-state index in [1.54, 1.807) is 0 Å². The van der Waals surface area contributed by atoms with Gasteiger partial charge in [-0.15, -0.1) is 0 Å². The van der Waals surface area contributed by atoms with Crippen molar-refractivity contribution >= 4 is 16.8 Å². The molecule has 0 aliphatic carbocycles. The maximum atomic E-state index is 12.9. The van der Waals surface area contributed by atoms with Crippen LogP contribution in [-0.2, 0) is 6.42 Å². The van der Waals surface area contributed by atoms with Crippen LogP contribution >= 0.6 is 0 Å². The molecule has 0 spiro atoms. The van der Waals surface area contributed by atoms with Crippen LogP contribution in [0.2, 0.25) is 0 Å². The van der Waals surface area contributed by atoms with Gasteiger partial charge in [0.1, 0.15) is 5.82 Å². The van der Waals surface area contributed by atoms with E-state index in [1.807, 2.05) is 32.0 Å². The van der Waals surface area contributed by atoms with E-state index in [2.05, 4.69) is 10.3 Å². The van der Waals surface area contributed by atoms with Gasteiger partial charge in [-0.1, -0.05) is 0 Å². The SMILES string of the molecule is Cc1cc2cc(CCNC(=O)c3ccc(F)cc3)c(=O)[nH]c2cc1C. The lowest BCUT2D eigenvalue weighted by atomic mass is 10.0. The zero-order valence-electron chi connectivity index (χ0n) is 14.2. The van der Waals surface area contributed by atoms with Crippen LogP contribution in [0, 0.1) is 19.7 Å². The topological polar surface area (TPSA) is 62.0 Å². The number of benzene rings is 2. The van der Waals surface area contributed by atoms with E-state index in [1.165, 1.54) is 24.3 Å². The molecule has 0 radical (unpaired) electrons. The number of aromatic nitrogens is 1. The molecule has 0 aliphatic heterocycles. The number of pyridine rings is 1. The van der Waals surface area contributed by atoms with Crippen LogP contribution in [0.15, 0.2) is 47.3 Å². The Balaban J connectivity index is 1.71. The molecule has 3 aromatic rings. The van der Waals surface area contributed by atoms with Gasteiger partial charge < -0.3 is 10.3 Å². The highest BCUT2D eigenvalue weighted by Gasteiger charge is 2.08. The average Bonchev–Trinajstić information content (AvgIpc) is 2.57. The van der Waals surface area contributed by atoms with Crippen LogP contribution in [0.5, 0.6) is 0 Å². The number of aromatic amines is 1. The molecule has 4 nitrogen and oxygen atoms in total. The van der Waals surface area contributed by atoms with Gasteiger partial charge in [-0.3, -0.25) is 9.59 Å². The molecular weight excluding hydrogens is 319 g/mol. The van der Waals surface area contributed by atoms with Gasteiger partial charge in [0.25, 0.3) is 11.5 Å². The number of halogens is 1. The van der Waals surface area contributed by atoms with E-state index < -0.39 is 0 Å². The highest BCUT2D eigenvalue weighted by molar-refractivity contribution is 5.94. The predicted octanol–water partition coefficient (Wildman–Crippen LogP) is 3.26. The van der Waals surface area contributed by atoms with Gasteiger partial charge in [0.2, 0.25) is 0 Å². The van der Waals surface area contributed by atoms with Crippen LogP contribution in [0.1, 0.15) is 27.0 Å². The number of hydrogen-bond acceptors (Lipinski definition) is 2. The number of carbonyl (C=O) groups is 1. The Morgan fingerprint density at radius 1 is 1.08 bits per heavy atom. The summed E-state index contributed by atoms with van der Waals surface area (Å²) < 4.78 is 12.9. The quantitative estimate of drug-likeness (QED) is 0.767. The van der Waals surface area contributed by atoms with Gasteiger partial charge >= 0.3 is 0 Å². The van der Waals surface area contributed by atoms with Crippen LogP contribution in [-0.4, -0.2) is 17.4 Å². The van der Waals surface area contributed by atoms with Gasteiger partial charge in [-0.25, -0.2) is 4.39 Å². The van der Waals surface area contributed by atoms with Gasteiger partial charge in [-0.2, -0.15) is 0 Å². The summed E-state index contributed by atoms with van der Waals surface area (Å²) in [5, 5.41) is 3.72. The van der Waals surface area contributed by atoms with Gasteiger partial charge in [0, 0.05) is 23.2 Å². The average molecular weight is 338 g/mol. The first kappa shape index (κ1) is 16.9. The Bertz CT molecular complexity index is 991. The van der Waals surface area contributed by atoms with Crippen molar-refractivity contribution in [3.05, 3.63) is 80.9 Å². The van der Waals surface area contributed by atoms with Crippen LogP contribution in [0.25, 0.3) is 10.9 Å². The molecule has 1 amide bonds. The molecule has 2 aromatic carbocycles. The second kappa shape index (κ2) is 6.89. The third-order valence-corrected chi connectivity index (χ3v) is 4.32. The van der Waals surface area contributed by atoms with Crippen LogP contribution < -0.4 is 10.9 Å². The van der Waals surface area contributed by atoms with Gasteiger partial charge in [-0.05, 0) is 79.2 Å². The van der Waals surface area contributed by atoms with Crippen molar-refractivity contribution in [1.29, 1.82) is 0 Å². The normalized spacial score (nSPS) is 10.8. The summed E-state index contributed by atoms with van der Waals surface area (Å²) in [7, 11) is 0. The molecule has 0 atom stereocenters. The zero-order valence-corrected chi connectivity index (χ0v) is 14.2. The van der Waals surface area contributed by atoms with Crippen molar-refractivity contribution in [1.82, 2.24) is 10.3 Å². The first-order valence-corrected chi connectivity index (χ1v) is 8.11. The highest BCUT2D eigenvalue weighted by atomic mass is 19.1. The molecule has 0 unspecified atom stereocenters. The van der Waals surface area contributed by atoms with E-state index in [0.29, 0.717) is 24.1 Å². The van der Waals surface area contributed by atoms with E-state index in [9.17, 15) is 14.0 Å². The summed E-state index contributed by atoms with van der Waals surface area (Å²) in [6, 6.07) is 11.2. The monoisotopic (exact) mass is 338 g/mol. The summed E-state index contributed by atoms with van der Waals surface area (Å²) in [4.78, 5) is 27.1. The molecule has 0 saturated heterocycles. The minimum atomic E-state index is -0.384. The number of amides is 1. The highest BCUT2D eigenvalue weighted by Crippen LogP contribution is 2.17. The smallest absolute Gasteiger partial charge is 0.251 e. The van der Waals surface area contributed by atoms with Gasteiger partial charge in [0.15, 0.2) is 0 Å². The van der Waals surface area contributed by atoms with Crippen LogP contribution in [0.4, 0.5) is 4.39 Å². The lowest BCUT2D eigenvalue weighted by Crippen LogP contribution is -2.27. The number of rotatable bonds is 4. The van der Waals surface area contributed by atoms with E-state index in [0.717, 1.165) is 22.0 Å². The molecule has 2 N–H and O–H groups in total. The Morgan fingerprint density at radius 2 is 1.76 bits per heavy atom. The Morgan fingerprint density at radius 3 is 2.48 bits per heavy atom. The lowest BCUT2D eigenvalue weighted by Gasteiger charge is -2.08. The Labute approximate surface area is 144 Å². The fourth-order valence-corrected chi connectivity index (χ4v) is 2.72. The third kappa shape index (κ3) is 3.76. The van der Waals surface area contributed by atoms with Crippen molar-refractivity contribution in [3.63, 3.8) is 0 Å². The van der Waals surface area contributed by atoms with Gasteiger partial charge in [0.05, 0.1) is 0 Å². The van der Waals surface area contributed by atoms with E-state index >= 15 is 0 Å². The number of hydrogen-bond donors (Lipinski definition) is 2.